The normalized spacial score (nSPS) is 16.7. The topological polar surface area (TPSA) is 77.1 Å². The zero-order chi connectivity index (χ0) is 16.8. The van der Waals surface area contributed by atoms with Crippen LogP contribution in [0.3, 0.4) is 0 Å². The van der Waals surface area contributed by atoms with Crippen LogP contribution in [0.1, 0.15) is 47.3 Å². The number of nitrogens with zero attached hydrogens (tertiary/aromatic N) is 1. The van der Waals surface area contributed by atoms with E-state index in [4.69, 9.17) is 5.73 Å². The van der Waals surface area contributed by atoms with E-state index in [9.17, 15) is 9.59 Å². The van der Waals surface area contributed by atoms with Crippen molar-refractivity contribution >= 4 is 22.7 Å². The highest BCUT2D eigenvalue weighted by molar-refractivity contribution is 6.04. The minimum absolute atomic E-state index is 0.221. The lowest BCUT2D eigenvalue weighted by Crippen LogP contribution is -2.55. The fraction of sp³-hybridized carbons (Fsp3) is 0.444. The van der Waals surface area contributed by atoms with Gasteiger partial charge in [-0.05, 0) is 37.8 Å². The number of rotatable bonds is 3. The quantitative estimate of drug-likeness (QED) is 0.912. The van der Waals surface area contributed by atoms with Gasteiger partial charge in [-0.3, -0.25) is 9.59 Å². The fourth-order valence-corrected chi connectivity index (χ4v) is 3.91. The molecule has 1 aliphatic carbocycles. The maximum Gasteiger partial charge on any atom is 0.269 e. The van der Waals surface area contributed by atoms with Gasteiger partial charge in [-0.25, -0.2) is 0 Å². The van der Waals surface area contributed by atoms with E-state index < -0.39 is 11.4 Å². The van der Waals surface area contributed by atoms with E-state index in [1.807, 2.05) is 43.7 Å². The third-order valence-corrected chi connectivity index (χ3v) is 5.16. The van der Waals surface area contributed by atoms with Crippen LogP contribution in [0, 0.1) is 13.8 Å². The fourth-order valence-electron chi connectivity index (χ4n) is 3.91. The van der Waals surface area contributed by atoms with E-state index in [2.05, 4.69) is 5.32 Å². The van der Waals surface area contributed by atoms with E-state index in [-0.39, 0.29) is 5.91 Å². The number of amides is 2. The predicted molar refractivity (Wildman–Crippen MR) is 90.3 cm³/mol. The monoisotopic (exact) mass is 313 g/mol. The van der Waals surface area contributed by atoms with Gasteiger partial charge in [0.25, 0.3) is 5.91 Å². The highest BCUT2D eigenvalue weighted by Crippen LogP contribution is 2.31. The van der Waals surface area contributed by atoms with Crippen molar-refractivity contribution in [2.24, 2.45) is 12.8 Å². The van der Waals surface area contributed by atoms with Gasteiger partial charge in [-0.2, -0.15) is 0 Å². The molecule has 0 saturated heterocycles. The molecule has 0 radical (unpaired) electrons. The lowest BCUT2D eigenvalue weighted by Gasteiger charge is -2.26. The molecule has 1 aliphatic rings. The number of carbonyl (C=O) groups excluding carboxylic acids is 2. The second-order valence-corrected chi connectivity index (χ2v) is 6.61. The molecule has 1 aromatic heterocycles. The van der Waals surface area contributed by atoms with Gasteiger partial charge in [0.15, 0.2) is 0 Å². The van der Waals surface area contributed by atoms with Crippen molar-refractivity contribution in [3.8, 4) is 0 Å². The molecule has 5 nitrogen and oxygen atoms in total. The molecule has 5 heteroatoms. The second-order valence-electron chi connectivity index (χ2n) is 6.61. The van der Waals surface area contributed by atoms with Crippen molar-refractivity contribution in [1.29, 1.82) is 0 Å². The number of para-hydroxylation sites is 1. The molecule has 1 saturated carbocycles. The summed E-state index contributed by atoms with van der Waals surface area (Å²) in [5, 5.41) is 4.00. The maximum atomic E-state index is 12.9. The summed E-state index contributed by atoms with van der Waals surface area (Å²) in [6, 6.07) is 6.05. The molecular formula is C18H23N3O2. The van der Waals surface area contributed by atoms with Crippen LogP contribution in [0.2, 0.25) is 0 Å². The van der Waals surface area contributed by atoms with Crippen molar-refractivity contribution in [3.63, 3.8) is 0 Å². The zero-order valence-corrected chi connectivity index (χ0v) is 13.9. The Bertz CT molecular complexity index is 798. The van der Waals surface area contributed by atoms with Crippen molar-refractivity contribution in [2.75, 3.05) is 0 Å². The number of hydrogen-bond acceptors (Lipinski definition) is 2. The zero-order valence-electron chi connectivity index (χ0n) is 13.9. The molecule has 1 heterocycles. The Morgan fingerprint density at radius 2 is 1.87 bits per heavy atom. The van der Waals surface area contributed by atoms with Crippen LogP contribution in [-0.4, -0.2) is 21.9 Å². The smallest absolute Gasteiger partial charge is 0.269 e. The molecule has 0 atom stereocenters. The van der Waals surface area contributed by atoms with Crippen LogP contribution < -0.4 is 11.1 Å². The number of fused-ring (bicyclic) bond motifs is 1. The molecule has 3 rings (SSSR count). The molecule has 3 N–H and O–H groups in total. The summed E-state index contributed by atoms with van der Waals surface area (Å²) in [6.45, 7) is 3.98. The highest BCUT2D eigenvalue weighted by Gasteiger charge is 2.41. The molecule has 23 heavy (non-hydrogen) atoms. The van der Waals surface area contributed by atoms with Gasteiger partial charge in [0.05, 0.1) is 5.52 Å². The Morgan fingerprint density at radius 3 is 2.43 bits per heavy atom. The van der Waals surface area contributed by atoms with E-state index in [0.29, 0.717) is 18.5 Å². The van der Waals surface area contributed by atoms with Crippen LogP contribution in [0.4, 0.5) is 0 Å². The van der Waals surface area contributed by atoms with Gasteiger partial charge in [-0.15, -0.1) is 0 Å². The summed E-state index contributed by atoms with van der Waals surface area (Å²) in [7, 11) is 1.89. The number of benzene rings is 1. The molecule has 2 aromatic rings. The molecule has 0 aliphatic heterocycles. The first-order valence-electron chi connectivity index (χ1n) is 8.04. The first kappa shape index (κ1) is 15.6. The van der Waals surface area contributed by atoms with Gasteiger partial charge < -0.3 is 15.6 Å². The van der Waals surface area contributed by atoms with Gasteiger partial charge in [0, 0.05) is 12.4 Å². The lowest BCUT2D eigenvalue weighted by molar-refractivity contribution is -0.123. The SMILES string of the molecule is Cc1c(C(=O)NC2(C(N)=O)CCCC2)n(C)c2c(C)cccc12. The first-order valence-corrected chi connectivity index (χ1v) is 8.04. The number of hydrogen-bond donors (Lipinski definition) is 2. The summed E-state index contributed by atoms with van der Waals surface area (Å²) in [6.07, 6.45) is 3.07. The predicted octanol–water partition coefficient (Wildman–Crippen LogP) is 2.32. The Morgan fingerprint density at radius 1 is 1.22 bits per heavy atom. The second kappa shape index (κ2) is 5.41. The molecule has 2 amide bonds. The Balaban J connectivity index is 2.05. The maximum absolute atomic E-state index is 12.9. The average molecular weight is 313 g/mol. The number of aryl methyl sites for hydroxylation is 3. The van der Waals surface area contributed by atoms with Crippen LogP contribution in [0.15, 0.2) is 18.2 Å². The van der Waals surface area contributed by atoms with E-state index in [1.54, 1.807) is 0 Å². The summed E-state index contributed by atoms with van der Waals surface area (Å²) in [4.78, 5) is 24.8. The first-order chi connectivity index (χ1) is 10.9. The van der Waals surface area contributed by atoms with Gasteiger partial charge in [0.2, 0.25) is 5.91 Å². The molecule has 1 aromatic carbocycles. The molecular weight excluding hydrogens is 290 g/mol. The van der Waals surface area contributed by atoms with Crippen LogP contribution in [0.25, 0.3) is 10.9 Å². The van der Waals surface area contributed by atoms with Crippen LogP contribution >= 0.6 is 0 Å². The van der Waals surface area contributed by atoms with Crippen molar-refractivity contribution in [2.45, 2.75) is 45.1 Å². The number of carbonyl (C=O) groups is 2. The third kappa shape index (κ3) is 2.31. The summed E-state index contributed by atoms with van der Waals surface area (Å²) < 4.78 is 1.92. The summed E-state index contributed by atoms with van der Waals surface area (Å²) >= 11 is 0. The van der Waals surface area contributed by atoms with Gasteiger partial charge in [0.1, 0.15) is 11.2 Å². The van der Waals surface area contributed by atoms with Crippen molar-refractivity contribution in [3.05, 3.63) is 35.0 Å². The minimum atomic E-state index is -0.894. The standard InChI is InChI=1S/C18H23N3O2/c1-11-7-6-8-13-12(2)15(21(3)14(11)13)16(22)20-18(17(19)23)9-4-5-10-18/h6-8H,4-5,9-10H2,1-3H3,(H2,19,23)(H,20,22). The summed E-state index contributed by atoms with van der Waals surface area (Å²) in [5.41, 5.74) is 8.38. The van der Waals surface area contributed by atoms with Crippen molar-refractivity contribution in [1.82, 2.24) is 9.88 Å². The molecule has 122 valence electrons. The molecule has 1 fully saturated rings. The Kier molecular flexibility index (Phi) is 3.66. The third-order valence-electron chi connectivity index (χ3n) is 5.16. The number of nitrogens with one attached hydrogen (secondary N) is 1. The molecule has 0 unspecified atom stereocenters. The van der Waals surface area contributed by atoms with Crippen LogP contribution in [0.5, 0.6) is 0 Å². The van der Waals surface area contributed by atoms with Crippen LogP contribution in [-0.2, 0) is 11.8 Å². The largest absolute Gasteiger partial charge is 0.368 e. The Labute approximate surface area is 135 Å². The number of nitrogens with two attached hydrogens (primary N) is 1. The molecule has 0 spiro atoms. The molecule has 0 bridgehead atoms. The van der Waals surface area contributed by atoms with E-state index in [0.717, 1.165) is 34.9 Å². The highest BCUT2D eigenvalue weighted by atomic mass is 16.2. The van der Waals surface area contributed by atoms with Gasteiger partial charge in [-0.1, -0.05) is 31.0 Å². The minimum Gasteiger partial charge on any atom is -0.368 e. The van der Waals surface area contributed by atoms with E-state index >= 15 is 0 Å². The Hall–Kier alpha value is -2.30. The number of primary amides is 1. The van der Waals surface area contributed by atoms with Gasteiger partial charge >= 0.3 is 0 Å². The van der Waals surface area contributed by atoms with E-state index in [1.165, 1.54) is 0 Å². The van der Waals surface area contributed by atoms with Crippen molar-refractivity contribution < 1.29 is 9.59 Å². The summed E-state index contributed by atoms with van der Waals surface area (Å²) in [5.74, 6) is -0.655. The lowest BCUT2D eigenvalue weighted by atomic mass is 9.96. The average Bonchev–Trinajstić information content (AvgIpc) is 3.05. The number of aromatic nitrogens is 1.